The maximum atomic E-state index is 10.2. The molecule has 21 heavy (non-hydrogen) atoms. The van der Waals surface area contributed by atoms with E-state index in [1.54, 1.807) is 6.08 Å². The van der Waals surface area contributed by atoms with Crippen molar-refractivity contribution < 1.29 is 14.6 Å². The Morgan fingerprint density at radius 3 is 2.57 bits per heavy atom. The van der Waals surface area contributed by atoms with Gasteiger partial charge in [-0.15, -0.1) is 5.73 Å². The first-order valence-corrected chi connectivity index (χ1v) is 7.76. The molecule has 1 N–H and O–H groups in total. The Kier molecular flexibility index (Phi) is 15.3. The highest BCUT2D eigenvalue weighted by molar-refractivity contribution is 5.68. The van der Waals surface area contributed by atoms with Crippen molar-refractivity contribution in [2.45, 2.75) is 51.9 Å². The lowest BCUT2D eigenvalue weighted by Gasteiger charge is -1.95. The van der Waals surface area contributed by atoms with E-state index in [1.165, 1.54) is 31.8 Å². The van der Waals surface area contributed by atoms with Crippen molar-refractivity contribution in [1.82, 2.24) is 0 Å². The minimum Gasteiger partial charge on any atom is -0.481 e. The van der Waals surface area contributed by atoms with Gasteiger partial charge in [-0.25, -0.2) is 0 Å². The third kappa shape index (κ3) is 18.4. The van der Waals surface area contributed by atoms with Crippen LogP contribution < -0.4 is 0 Å². The first-order chi connectivity index (χ1) is 10.3. The summed E-state index contributed by atoms with van der Waals surface area (Å²) in [6.45, 7) is 3.37. The molecule has 0 fully saturated rings. The van der Waals surface area contributed by atoms with Crippen LogP contribution in [-0.2, 0) is 9.53 Å². The van der Waals surface area contributed by atoms with Crippen molar-refractivity contribution in [2.24, 2.45) is 0 Å². The monoisotopic (exact) mass is 292 g/mol. The fraction of sp³-hybridized carbons (Fsp3) is 0.556. The summed E-state index contributed by atoms with van der Waals surface area (Å²) < 4.78 is 5.36. The second-order valence-corrected chi connectivity index (χ2v) is 4.71. The van der Waals surface area contributed by atoms with Gasteiger partial charge in [-0.2, -0.15) is 0 Å². The SMILES string of the molecule is CCCCC/C=C\C/C=C\CCOCC=C=CCC(=O)O. The van der Waals surface area contributed by atoms with E-state index in [0.717, 1.165) is 12.8 Å². The van der Waals surface area contributed by atoms with Crippen LogP contribution in [0.15, 0.2) is 42.2 Å². The Morgan fingerprint density at radius 2 is 1.86 bits per heavy atom. The van der Waals surface area contributed by atoms with E-state index in [9.17, 15) is 4.79 Å². The van der Waals surface area contributed by atoms with Crippen molar-refractivity contribution in [1.29, 1.82) is 0 Å². The summed E-state index contributed by atoms with van der Waals surface area (Å²) in [5.74, 6) is -0.846. The number of hydrogen-bond donors (Lipinski definition) is 1. The topological polar surface area (TPSA) is 46.5 Å². The van der Waals surface area contributed by atoms with Crippen LogP contribution in [0.5, 0.6) is 0 Å². The number of unbranched alkanes of at least 4 members (excludes halogenated alkanes) is 3. The molecule has 0 rings (SSSR count). The molecule has 0 aromatic heterocycles. The Morgan fingerprint density at radius 1 is 1.10 bits per heavy atom. The third-order valence-electron chi connectivity index (χ3n) is 2.72. The van der Waals surface area contributed by atoms with Gasteiger partial charge in [0.1, 0.15) is 0 Å². The van der Waals surface area contributed by atoms with E-state index in [2.05, 4.69) is 37.0 Å². The van der Waals surface area contributed by atoms with Crippen LogP contribution in [-0.4, -0.2) is 24.3 Å². The van der Waals surface area contributed by atoms with E-state index in [0.29, 0.717) is 13.2 Å². The van der Waals surface area contributed by atoms with Crippen LogP contribution in [0.25, 0.3) is 0 Å². The number of ether oxygens (including phenoxy) is 1. The molecule has 3 nitrogen and oxygen atoms in total. The summed E-state index contributed by atoms with van der Waals surface area (Å²) >= 11 is 0. The van der Waals surface area contributed by atoms with Crippen molar-refractivity contribution in [2.75, 3.05) is 13.2 Å². The molecule has 0 unspecified atom stereocenters. The zero-order valence-electron chi connectivity index (χ0n) is 13.1. The number of carboxylic acids is 1. The largest absolute Gasteiger partial charge is 0.481 e. The molecule has 0 aliphatic rings. The smallest absolute Gasteiger partial charge is 0.307 e. The third-order valence-corrected chi connectivity index (χ3v) is 2.72. The quantitative estimate of drug-likeness (QED) is 0.305. The summed E-state index contributed by atoms with van der Waals surface area (Å²) in [7, 11) is 0. The molecule has 0 aromatic carbocycles. The van der Waals surface area contributed by atoms with Gasteiger partial charge in [-0.1, -0.05) is 44.1 Å². The van der Waals surface area contributed by atoms with Crippen molar-refractivity contribution in [3.8, 4) is 0 Å². The van der Waals surface area contributed by atoms with Gasteiger partial charge in [0.05, 0.1) is 19.6 Å². The molecule has 0 aliphatic heterocycles. The molecule has 0 amide bonds. The van der Waals surface area contributed by atoms with Crippen molar-refractivity contribution in [3.05, 3.63) is 42.2 Å². The van der Waals surface area contributed by atoms with Crippen LogP contribution in [0.2, 0.25) is 0 Å². The average molecular weight is 292 g/mol. The Bertz CT molecular complexity index is 361. The van der Waals surface area contributed by atoms with E-state index in [-0.39, 0.29) is 6.42 Å². The molecule has 0 atom stereocenters. The molecule has 0 radical (unpaired) electrons. The van der Waals surface area contributed by atoms with E-state index in [4.69, 9.17) is 9.84 Å². The zero-order chi connectivity index (χ0) is 15.6. The molecular weight excluding hydrogens is 264 g/mol. The Labute approximate surface area is 128 Å². The minimum atomic E-state index is -0.846. The fourth-order valence-corrected chi connectivity index (χ4v) is 1.59. The number of carboxylic acid groups (broad SMARTS) is 1. The normalized spacial score (nSPS) is 10.9. The Hall–Kier alpha value is -1.57. The number of rotatable bonds is 13. The lowest BCUT2D eigenvalue weighted by molar-refractivity contribution is -0.135. The minimum absolute atomic E-state index is 0.00516. The molecule has 0 aliphatic carbocycles. The second-order valence-electron chi connectivity index (χ2n) is 4.71. The van der Waals surface area contributed by atoms with Crippen molar-refractivity contribution in [3.63, 3.8) is 0 Å². The lowest BCUT2D eigenvalue weighted by Crippen LogP contribution is -1.92. The van der Waals surface area contributed by atoms with Gasteiger partial charge >= 0.3 is 5.97 Å². The Balaban J connectivity index is 3.36. The number of allylic oxidation sites excluding steroid dienone is 3. The summed E-state index contributed by atoms with van der Waals surface area (Å²) in [4.78, 5) is 10.2. The summed E-state index contributed by atoms with van der Waals surface area (Å²) in [5.41, 5.74) is 2.77. The predicted octanol–water partition coefficient (Wildman–Crippen LogP) is 4.66. The first-order valence-electron chi connectivity index (χ1n) is 7.76. The highest BCUT2D eigenvalue weighted by Crippen LogP contribution is 2.00. The van der Waals surface area contributed by atoms with Crippen molar-refractivity contribution >= 4 is 5.97 Å². The van der Waals surface area contributed by atoms with Gasteiger partial charge in [0, 0.05) is 0 Å². The highest BCUT2D eigenvalue weighted by atomic mass is 16.5. The predicted molar refractivity (Wildman–Crippen MR) is 87.4 cm³/mol. The molecule has 3 heteroatoms. The van der Waals surface area contributed by atoms with Crippen LogP contribution in [0.4, 0.5) is 0 Å². The van der Waals surface area contributed by atoms with Gasteiger partial charge in [-0.05, 0) is 37.8 Å². The molecule has 0 spiro atoms. The van der Waals surface area contributed by atoms with Gasteiger partial charge in [0.25, 0.3) is 0 Å². The first kappa shape index (κ1) is 19.4. The molecule has 118 valence electrons. The number of carbonyl (C=O) groups is 1. The van der Waals surface area contributed by atoms with Crippen LogP contribution in [0, 0.1) is 0 Å². The van der Waals surface area contributed by atoms with Gasteiger partial charge in [0.15, 0.2) is 0 Å². The molecule has 0 bridgehead atoms. The standard InChI is InChI=1S/C18H28O3/c1-2-3-4-5-6-7-8-9-10-13-16-21-17-14-11-12-15-18(19)20/h6-7,9-10,12,14H,2-5,8,13,15-17H2,1H3,(H,19,20)/b7-6-,10-9-. The highest BCUT2D eigenvalue weighted by Gasteiger charge is 1.87. The van der Waals surface area contributed by atoms with Gasteiger partial charge in [0.2, 0.25) is 0 Å². The van der Waals surface area contributed by atoms with Crippen LogP contribution in [0.3, 0.4) is 0 Å². The summed E-state index contributed by atoms with van der Waals surface area (Å²) in [6, 6.07) is 0. The van der Waals surface area contributed by atoms with Crippen LogP contribution in [0.1, 0.15) is 51.9 Å². The molecule has 0 aromatic rings. The maximum Gasteiger partial charge on any atom is 0.307 e. The number of hydrogen-bond acceptors (Lipinski definition) is 2. The number of aliphatic carboxylic acids is 1. The van der Waals surface area contributed by atoms with Gasteiger partial charge < -0.3 is 9.84 Å². The summed E-state index contributed by atoms with van der Waals surface area (Å²) in [5, 5.41) is 8.40. The van der Waals surface area contributed by atoms with E-state index >= 15 is 0 Å². The summed E-state index contributed by atoms with van der Waals surface area (Å²) in [6.07, 6.45) is 18.9. The molecular formula is C18H28O3. The van der Waals surface area contributed by atoms with E-state index in [1.807, 2.05) is 0 Å². The maximum absolute atomic E-state index is 10.2. The average Bonchev–Trinajstić information content (AvgIpc) is 2.46. The van der Waals surface area contributed by atoms with E-state index < -0.39 is 5.97 Å². The molecule has 0 heterocycles. The van der Waals surface area contributed by atoms with Gasteiger partial charge in [-0.3, -0.25) is 4.79 Å². The molecule has 0 saturated heterocycles. The molecule has 0 saturated carbocycles. The fourth-order valence-electron chi connectivity index (χ4n) is 1.59. The lowest BCUT2D eigenvalue weighted by atomic mass is 10.2. The zero-order valence-corrected chi connectivity index (χ0v) is 13.1. The van der Waals surface area contributed by atoms with Crippen LogP contribution >= 0.6 is 0 Å². The second kappa shape index (κ2) is 16.5.